The fourth-order valence-electron chi connectivity index (χ4n) is 2.06. The molecule has 1 heterocycles. The molecule has 0 unspecified atom stereocenters. The molecule has 20 heavy (non-hydrogen) atoms. The van der Waals surface area contributed by atoms with Crippen LogP contribution >= 0.6 is 11.3 Å². The van der Waals surface area contributed by atoms with E-state index in [0.29, 0.717) is 6.54 Å². The molecule has 0 bridgehead atoms. The van der Waals surface area contributed by atoms with Gasteiger partial charge in [0.2, 0.25) is 0 Å². The quantitative estimate of drug-likeness (QED) is 0.823. The molecule has 1 aromatic carbocycles. The highest BCUT2D eigenvalue weighted by atomic mass is 32.1. The van der Waals surface area contributed by atoms with Crippen molar-refractivity contribution in [2.24, 2.45) is 0 Å². The van der Waals surface area contributed by atoms with Crippen LogP contribution in [0.25, 0.3) is 0 Å². The molecule has 2 aromatic rings. The normalized spacial score (nSPS) is 10.6. The van der Waals surface area contributed by atoms with Gasteiger partial charge in [-0.15, -0.1) is 11.3 Å². The van der Waals surface area contributed by atoms with Gasteiger partial charge in [0, 0.05) is 29.3 Å². The van der Waals surface area contributed by atoms with Gasteiger partial charge in [0.15, 0.2) is 0 Å². The summed E-state index contributed by atoms with van der Waals surface area (Å²) in [6.07, 6.45) is 0. The topological polar surface area (TPSA) is 48.4 Å². The fourth-order valence-corrected chi connectivity index (χ4v) is 2.78. The third kappa shape index (κ3) is 3.71. The molecule has 2 N–H and O–H groups in total. The Morgan fingerprint density at radius 3 is 2.60 bits per heavy atom. The molecule has 0 saturated heterocycles. The van der Waals surface area contributed by atoms with Crippen LogP contribution in [0.3, 0.4) is 0 Å². The summed E-state index contributed by atoms with van der Waals surface area (Å²) in [6.45, 7) is 6.68. The van der Waals surface area contributed by atoms with Crippen molar-refractivity contribution in [1.29, 1.82) is 0 Å². The van der Waals surface area contributed by atoms with Gasteiger partial charge in [0.25, 0.3) is 0 Å². The second-order valence-corrected chi connectivity index (χ2v) is 5.50. The van der Waals surface area contributed by atoms with Gasteiger partial charge in [-0.05, 0) is 38.1 Å². The second kappa shape index (κ2) is 7.26. The zero-order valence-corrected chi connectivity index (χ0v) is 12.8. The molecule has 0 aliphatic heterocycles. The molecule has 4 nitrogen and oxygen atoms in total. The summed E-state index contributed by atoms with van der Waals surface area (Å²) in [5.74, 6) is 0. The Bertz CT molecular complexity index is 524. The second-order valence-electron chi connectivity index (χ2n) is 4.56. The van der Waals surface area contributed by atoms with E-state index in [1.807, 2.05) is 12.4 Å². The summed E-state index contributed by atoms with van der Waals surface area (Å²) in [4.78, 5) is 7.66. The highest BCUT2D eigenvalue weighted by Gasteiger charge is 2.04. The number of likely N-dealkylation sites (N-methyl/N-ethyl adjacent to an activating group) is 1. The molecule has 108 valence electrons. The maximum absolute atomic E-state index is 9.04. The van der Waals surface area contributed by atoms with E-state index < -0.39 is 0 Å². The number of aliphatic hydroxyl groups is 1. The number of thiazole rings is 1. The SMILES string of the molecule is CCN(CCO)c1ccc(NCc2scnc2C)cc1. The largest absolute Gasteiger partial charge is 0.395 e. The van der Waals surface area contributed by atoms with E-state index in [2.05, 4.69) is 46.4 Å². The summed E-state index contributed by atoms with van der Waals surface area (Å²) in [5.41, 5.74) is 5.21. The number of hydrogen-bond acceptors (Lipinski definition) is 5. The van der Waals surface area contributed by atoms with E-state index in [0.717, 1.165) is 30.2 Å². The molecule has 0 atom stereocenters. The van der Waals surface area contributed by atoms with Gasteiger partial charge >= 0.3 is 0 Å². The number of aliphatic hydroxyl groups excluding tert-OH is 1. The Balaban J connectivity index is 1.96. The first-order valence-corrected chi connectivity index (χ1v) is 7.71. The van der Waals surface area contributed by atoms with E-state index in [-0.39, 0.29) is 6.61 Å². The molecular formula is C15H21N3OS. The first-order chi connectivity index (χ1) is 9.74. The molecule has 1 aromatic heterocycles. The minimum atomic E-state index is 0.179. The van der Waals surface area contributed by atoms with Gasteiger partial charge < -0.3 is 15.3 Å². The summed E-state index contributed by atoms with van der Waals surface area (Å²) in [6, 6.07) is 8.32. The van der Waals surface area contributed by atoms with Crippen LogP contribution in [0, 0.1) is 6.92 Å². The van der Waals surface area contributed by atoms with Crippen LogP contribution in [-0.4, -0.2) is 29.8 Å². The van der Waals surface area contributed by atoms with Gasteiger partial charge in [0.1, 0.15) is 0 Å². The molecule has 2 rings (SSSR count). The van der Waals surface area contributed by atoms with E-state index in [4.69, 9.17) is 5.11 Å². The molecular weight excluding hydrogens is 270 g/mol. The Morgan fingerprint density at radius 1 is 1.30 bits per heavy atom. The highest BCUT2D eigenvalue weighted by Crippen LogP contribution is 2.19. The zero-order valence-electron chi connectivity index (χ0n) is 12.0. The van der Waals surface area contributed by atoms with Gasteiger partial charge in [-0.2, -0.15) is 0 Å². The van der Waals surface area contributed by atoms with E-state index in [9.17, 15) is 0 Å². The third-order valence-corrected chi connectivity index (χ3v) is 4.22. The number of rotatable bonds is 7. The number of aryl methyl sites for hydroxylation is 1. The summed E-state index contributed by atoms with van der Waals surface area (Å²) >= 11 is 1.68. The maximum atomic E-state index is 9.04. The maximum Gasteiger partial charge on any atom is 0.0798 e. The summed E-state index contributed by atoms with van der Waals surface area (Å²) < 4.78 is 0. The number of nitrogens with zero attached hydrogens (tertiary/aromatic N) is 2. The predicted octanol–water partition coefficient (Wildman–Crippen LogP) is 2.88. The van der Waals surface area contributed by atoms with Gasteiger partial charge in [-0.1, -0.05) is 0 Å². The van der Waals surface area contributed by atoms with Gasteiger partial charge in [0.05, 0.1) is 24.4 Å². The third-order valence-electron chi connectivity index (χ3n) is 3.28. The lowest BCUT2D eigenvalue weighted by Gasteiger charge is -2.22. The van der Waals surface area contributed by atoms with Crippen molar-refractivity contribution in [3.05, 3.63) is 40.3 Å². The molecule has 0 radical (unpaired) electrons. The molecule has 0 fully saturated rings. The number of anilines is 2. The molecule has 0 saturated carbocycles. The number of benzene rings is 1. The van der Waals surface area contributed by atoms with E-state index in [1.54, 1.807) is 11.3 Å². The highest BCUT2D eigenvalue weighted by molar-refractivity contribution is 7.09. The fraction of sp³-hybridized carbons (Fsp3) is 0.400. The Kier molecular flexibility index (Phi) is 5.38. The van der Waals surface area contributed by atoms with E-state index in [1.165, 1.54) is 4.88 Å². The molecule has 0 aliphatic rings. The summed E-state index contributed by atoms with van der Waals surface area (Å²) in [7, 11) is 0. The zero-order chi connectivity index (χ0) is 14.4. The summed E-state index contributed by atoms with van der Waals surface area (Å²) in [5, 5.41) is 12.4. The van der Waals surface area contributed by atoms with Crippen molar-refractivity contribution in [2.45, 2.75) is 20.4 Å². The van der Waals surface area contributed by atoms with Gasteiger partial charge in [-0.3, -0.25) is 0 Å². The molecule has 0 aliphatic carbocycles. The molecule has 0 spiro atoms. The van der Waals surface area contributed by atoms with Crippen molar-refractivity contribution < 1.29 is 5.11 Å². The first-order valence-electron chi connectivity index (χ1n) is 6.83. The first kappa shape index (κ1) is 14.8. The lowest BCUT2D eigenvalue weighted by Crippen LogP contribution is -2.25. The van der Waals surface area contributed by atoms with Crippen molar-refractivity contribution in [3.8, 4) is 0 Å². The van der Waals surface area contributed by atoms with Crippen LogP contribution in [-0.2, 0) is 6.54 Å². The smallest absolute Gasteiger partial charge is 0.0798 e. The lowest BCUT2D eigenvalue weighted by molar-refractivity contribution is 0.302. The monoisotopic (exact) mass is 291 g/mol. The van der Waals surface area contributed by atoms with Crippen LogP contribution in [0.4, 0.5) is 11.4 Å². The lowest BCUT2D eigenvalue weighted by atomic mass is 10.2. The average molecular weight is 291 g/mol. The minimum Gasteiger partial charge on any atom is -0.395 e. The molecule has 0 amide bonds. The number of hydrogen-bond donors (Lipinski definition) is 2. The van der Waals surface area contributed by atoms with E-state index >= 15 is 0 Å². The van der Waals surface area contributed by atoms with Gasteiger partial charge in [-0.25, -0.2) is 4.98 Å². The van der Waals surface area contributed by atoms with Crippen molar-refractivity contribution in [2.75, 3.05) is 29.9 Å². The van der Waals surface area contributed by atoms with Crippen LogP contribution in [0.2, 0.25) is 0 Å². The Hall–Kier alpha value is -1.59. The Labute approximate surface area is 124 Å². The number of aromatic nitrogens is 1. The standard InChI is InChI=1S/C15H21N3OS/c1-3-18(8-9-19)14-6-4-13(5-7-14)16-10-15-12(2)17-11-20-15/h4-7,11,16,19H,3,8-10H2,1-2H3. The van der Waals surface area contributed by atoms with Crippen molar-refractivity contribution in [3.63, 3.8) is 0 Å². The van der Waals surface area contributed by atoms with Crippen LogP contribution in [0.5, 0.6) is 0 Å². The average Bonchev–Trinajstić information content (AvgIpc) is 2.89. The number of nitrogens with one attached hydrogen (secondary N) is 1. The van der Waals surface area contributed by atoms with Crippen molar-refractivity contribution in [1.82, 2.24) is 4.98 Å². The predicted molar refractivity (Wildman–Crippen MR) is 85.6 cm³/mol. The van der Waals surface area contributed by atoms with Crippen LogP contribution in [0.1, 0.15) is 17.5 Å². The molecule has 5 heteroatoms. The Morgan fingerprint density at radius 2 is 2.05 bits per heavy atom. The minimum absolute atomic E-state index is 0.179. The van der Waals surface area contributed by atoms with Crippen LogP contribution in [0.15, 0.2) is 29.8 Å². The van der Waals surface area contributed by atoms with Crippen LogP contribution < -0.4 is 10.2 Å². The van der Waals surface area contributed by atoms with Crippen molar-refractivity contribution >= 4 is 22.7 Å².